The van der Waals surface area contributed by atoms with Crippen molar-refractivity contribution in [1.82, 2.24) is 0 Å². The van der Waals surface area contributed by atoms with E-state index in [1.807, 2.05) is 0 Å². The van der Waals surface area contributed by atoms with Crippen LogP contribution < -0.4 is 0 Å². The van der Waals surface area contributed by atoms with Crippen molar-refractivity contribution in [2.24, 2.45) is 4.40 Å². The summed E-state index contributed by atoms with van der Waals surface area (Å²) in [7, 11) is -3.55. The molecular weight excluding hydrogens is 222 g/mol. The normalized spacial score (nSPS) is 17.5. The number of sulfonamides is 1. The van der Waals surface area contributed by atoms with Crippen LogP contribution in [0.15, 0.2) is 33.6 Å². The monoisotopic (exact) mass is 227 g/mol. The maximum Gasteiger partial charge on any atom is 0.282 e. The van der Waals surface area contributed by atoms with E-state index in [2.05, 4.69) is 4.40 Å². The van der Waals surface area contributed by atoms with Gasteiger partial charge in [-0.25, -0.2) is 0 Å². The fraction of sp³-hybridized carbons (Fsp3) is 0. The Balaban J connectivity index is 2.78. The van der Waals surface area contributed by atoms with Crippen LogP contribution in [-0.4, -0.2) is 14.6 Å². The predicted octanol–water partition coefficient (Wildman–Crippen LogP) is 2.13. The first kappa shape index (κ1) is 9.43. The van der Waals surface area contributed by atoms with Crippen LogP contribution in [0.5, 0.6) is 0 Å². The van der Waals surface area contributed by atoms with Crippen molar-refractivity contribution in [1.29, 1.82) is 0 Å². The molecule has 72 valence electrons. The first-order valence-corrected chi connectivity index (χ1v) is 5.68. The molecule has 0 aliphatic carbocycles. The summed E-state index contributed by atoms with van der Waals surface area (Å²) < 4.78 is 26.5. The van der Waals surface area contributed by atoms with Crippen LogP contribution >= 0.6 is 11.6 Å². The first-order valence-electron chi connectivity index (χ1n) is 3.86. The second-order valence-electron chi connectivity index (χ2n) is 2.77. The Morgan fingerprint density at radius 3 is 2.86 bits per heavy atom. The number of benzene rings is 1. The molecular formula is C9H6ClNO2S. The molecule has 0 bridgehead atoms. The van der Waals surface area contributed by atoms with E-state index in [1.165, 1.54) is 18.3 Å². The lowest BCUT2D eigenvalue weighted by atomic mass is 10.2. The van der Waals surface area contributed by atoms with Gasteiger partial charge in [0, 0.05) is 11.2 Å². The molecule has 0 saturated carbocycles. The quantitative estimate of drug-likeness (QED) is 0.682. The Kier molecular flexibility index (Phi) is 2.17. The minimum absolute atomic E-state index is 0.187. The summed E-state index contributed by atoms with van der Waals surface area (Å²) in [5.41, 5.74) is 0.565. The lowest BCUT2D eigenvalue weighted by Gasteiger charge is -2.02. The number of hydrogen-bond acceptors (Lipinski definition) is 2. The molecule has 1 aliphatic heterocycles. The van der Waals surface area contributed by atoms with Gasteiger partial charge in [0.15, 0.2) is 0 Å². The van der Waals surface area contributed by atoms with Crippen LogP contribution in [0.2, 0.25) is 5.02 Å². The van der Waals surface area contributed by atoms with E-state index in [4.69, 9.17) is 11.6 Å². The summed E-state index contributed by atoms with van der Waals surface area (Å²) in [5.74, 6) is 0. The Labute approximate surface area is 86.8 Å². The van der Waals surface area contributed by atoms with E-state index in [0.29, 0.717) is 10.6 Å². The molecule has 0 amide bonds. The molecule has 0 aromatic heterocycles. The van der Waals surface area contributed by atoms with Crippen molar-refractivity contribution in [2.45, 2.75) is 4.90 Å². The molecule has 0 atom stereocenters. The highest BCUT2D eigenvalue weighted by atomic mass is 35.5. The van der Waals surface area contributed by atoms with Crippen LogP contribution in [0.3, 0.4) is 0 Å². The van der Waals surface area contributed by atoms with Gasteiger partial charge in [0.25, 0.3) is 10.0 Å². The van der Waals surface area contributed by atoms with Gasteiger partial charge in [0.1, 0.15) is 0 Å². The lowest BCUT2D eigenvalue weighted by Crippen LogP contribution is -1.97. The van der Waals surface area contributed by atoms with Gasteiger partial charge in [-0.15, -0.1) is 0 Å². The summed E-state index contributed by atoms with van der Waals surface area (Å²) in [5, 5.41) is 0.505. The fourth-order valence-electron chi connectivity index (χ4n) is 1.20. The maximum absolute atomic E-state index is 11.5. The van der Waals surface area contributed by atoms with Gasteiger partial charge in [0.05, 0.1) is 4.90 Å². The number of fused-ring (bicyclic) bond motifs is 1. The Morgan fingerprint density at radius 2 is 2.07 bits per heavy atom. The van der Waals surface area contributed by atoms with Crippen molar-refractivity contribution in [3.63, 3.8) is 0 Å². The molecule has 1 heterocycles. The van der Waals surface area contributed by atoms with Gasteiger partial charge in [-0.2, -0.15) is 12.8 Å². The first-order chi connectivity index (χ1) is 6.59. The van der Waals surface area contributed by atoms with Crippen molar-refractivity contribution in [3.05, 3.63) is 34.9 Å². The third-order valence-corrected chi connectivity index (χ3v) is 3.37. The zero-order chi connectivity index (χ0) is 10.2. The highest BCUT2D eigenvalue weighted by Gasteiger charge is 2.16. The third-order valence-electron chi connectivity index (χ3n) is 1.81. The van der Waals surface area contributed by atoms with Crippen LogP contribution in [0.1, 0.15) is 5.56 Å². The van der Waals surface area contributed by atoms with Gasteiger partial charge < -0.3 is 0 Å². The zero-order valence-electron chi connectivity index (χ0n) is 7.01. The molecule has 3 nitrogen and oxygen atoms in total. The molecule has 1 aromatic rings. The second kappa shape index (κ2) is 3.22. The molecule has 1 aromatic carbocycles. The highest BCUT2D eigenvalue weighted by Crippen LogP contribution is 2.24. The van der Waals surface area contributed by atoms with Gasteiger partial charge in [-0.1, -0.05) is 17.7 Å². The molecule has 1 aliphatic rings. The van der Waals surface area contributed by atoms with E-state index in [9.17, 15) is 8.42 Å². The highest BCUT2D eigenvalue weighted by molar-refractivity contribution is 7.90. The standard InChI is InChI=1S/C9H6ClNO2S/c10-8-3-4-9-7(6-8)2-1-5-11-14(9,12)13/h1-6H. The Bertz CT molecular complexity index is 532. The van der Waals surface area contributed by atoms with E-state index in [0.717, 1.165) is 0 Å². The van der Waals surface area contributed by atoms with E-state index < -0.39 is 10.0 Å². The molecule has 0 fully saturated rings. The van der Waals surface area contributed by atoms with Crippen LogP contribution in [0, 0.1) is 0 Å². The van der Waals surface area contributed by atoms with Gasteiger partial charge in [-0.05, 0) is 29.8 Å². The molecule has 0 N–H and O–H groups in total. The van der Waals surface area contributed by atoms with Gasteiger partial charge in [-0.3, -0.25) is 0 Å². The van der Waals surface area contributed by atoms with Crippen LogP contribution in [0.25, 0.3) is 6.08 Å². The molecule has 0 radical (unpaired) electrons. The summed E-state index contributed by atoms with van der Waals surface area (Å²) in [6, 6.07) is 4.59. The summed E-state index contributed by atoms with van der Waals surface area (Å²) in [6.45, 7) is 0. The zero-order valence-corrected chi connectivity index (χ0v) is 8.59. The molecule has 0 spiro atoms. The summed E-state index contributed by atoms with van der Waals surface area (Å²) in [4.78, 5) is 0.187. The van der Waals surface area contributed by atoms with Crippen molar-refractivity contribution in [3.8, 4) is 0 Å². The van der Waals surface area contributed by atoms with Gasteiger partial charge in [0.2, 0.25) is 0 Å². The minimum atomic E-state index is -3.55. The number of hydrogen-bond donors (Lipinski definition) is 0. The lowest BCUT2D eigenvalue weighted by molar-refractivity contribution is 0.598. The maximum atomic E-state index is 11.5. The van der Waals surface area contributed by atoms with Crippen molar-refractivity contribution in [2.75, 3.05) is 0 Å². The average molecular weight is 228 g/mol. The van der Waals surface area contributed by atoms with E-state index in [1.54, 1.807) is 18.2 Å². The number of rotatable bonds is 0. The number of nitrogens with zero attached hydrogens (tertiary/aromatic N) is 1. The smallest absolute Gasteiger partial charge is 0.199 e. The van der Waals surface area contributed by atoms with Crippen molar-refractivity contribution >= 4 is 33.9 Å². The van der Waals surface area contributed by atoms with Crippen molar-refractivity contribution < 1.29 is 8.42 Å². The van der Waals surface area contributed by atoms with E-state index >= 15 is 0 Å². The topological polar surface area (TPSA) is 46.5 Å². The Hall–Kier alpha value is -1.13. The molecule has 2 rings (SSSR count). The molecule has 5 heteroatoms. The number of halogens is 1. The minimum Gasteiger partial charge on any atom is -0.199 e. The fourth-order valence-corrected chi connectivity index (χ4v) is 2.39. The number of allylic oxidation sites excluding steroid dienone is 1. The largest absolute Gasteiger partial charge is 0.282 e. The SMILES string of the molecule is O=S1(=O)N=CC=Cc2cc(Cl)ccc21. The second-order valence-corrected chi connectivity index (χ2v) is 4.81. The predicted molar refractivity (Wildman–Crippen MR) is 56.2 cm³/mol. The molecule has 0 unspecified atom stereocenters. The Morgan fingerprint density at radius 1 is 1.29 bits per heavy atom. The average Bonchev–Trinajstić information content (AvgIpc) is 2.25. The van der Waals surface area contributed by atoms with Gasteiger partial charge >= 0.3 is 0 Å². The molecule has 14 heavy (non-hydrogen) atoms. The summed E-state index contributed by atoms with van der Waals surface area (Å²) >= 11 is 5.75. The summed E-state index contributed by atoms with van der Waals surface area (Å²) in [6.07, 6.45) is 4.48. The molecule has 0 saturated heterocycles. The third kappa shape index (κ3) is 1.58. The van der Waals surface area contributed by atoms with Crippen LogP contribution in [-0.2, 0) is 10.0 Å². The van der Waals surface area contributed by atoms with E-state index in [-0.39, 0.29) is 4.90 Å². The van der Waals surface area contributed by atoms with Crippen LogP contribution in [0.4, 0.5) is 0 Å².